The second-order valence-electron chi connectivity index (χ2n) is 5.62. The third-order valence-corrected chi connectivity index (χ3v) is 5.22. The van der Waals surface area contributed by atoms with E-state index in [-0.39, 0.29) is 0 Å². The van der Waals surface area contributed by atoms with Crippen LogP contribution < -0.4 is 10.6 Å². The molecule has 0 aromatic heterocycles. The molecule has 2 N–H and O–H groups in total. The van der Waals surface area contributed by atoms with E-state index in [4.69, 9.17) is 0 Å². The molecule has 20 heavy (non-hydrogen) atoms. The molecule has 1 unspecified atom stereocenters. The molecule has 0 radical (unpaired) electrons. The molecule has 2 aliphatic rings. The summed E-state index contributed by atoms with van der Waals surface area (Å²) in [5.74, 6) is 2.60. The van der Waals surface area contributed by atoms with Crippen molar-refractivity contribution in [3.63, 3.8) is 0 Å². The van der Waals surface area contributed by atoms with Crippen LogP contribution in [0, 0.1) is 0 Å². The molecule has 3 rings (SSSR count). The Hall–Kier alpha value is -0.550. The van der Waals surface area contributed by atoms with E-state index in [2.05, 4.69) is 51.6 Å². The third-order valence-electron chi connectivity index (χ3n) is 4.28. The fourth-order valence-corrected chi connectivity index (χ4v) is 4.07. The highest BCUT2D eigenvalue weighted by Gasteiger charge is 2.17. The first-order valence-corrected chi connectivity index (χ1v) is 8.91. The molecule has 0 spiro atoms. The molecule has 2 heterocycles. The number of hydrogen-bond acceptors (Lipinski definition) is 4. The molecule has 0 amide bonds. The topological polar surface area (TPSA) is 27.3 Å². The van der Waals surface area contributed by atoms with Crippen LogP contribution in [0.5, 0.6) is 0 Å². The molecular formula is C16H25N3S. The minimum absolute atomic E-state index is 0.514. The number of thioether (sulfide) groups is 1. The van der Waals surface area contributed by atoms with Crippen LogP contribution in [0.3, 0.4) is 0 Å². The van der Waals surface area contributed by atoms with E-state index in [1.54, 1.807) is 0 Å². The molecule has 4 heteroatoms. The maximum absolute atomic E-state index is 3.78. The highest BCUT2D eigenvalue weighted by Crippen LogP contribution is 2.23. The highest BCUT2D eigenvalue weighted by molar-refractivity contribution is 7.99. The molecule has 0 aliphatic carbocycles. The number of fused-ring (bicyclic) bond motifs is 1. The Morgan fingerprint density at radius 1 is 1.25 bits per heavy atom. The van der Waals surface area contributed by atoms with Gasteiger partial charge in [-0.25, -0.2) is 0 Å². The minimum Gasteiger partial charge on any atom is -0.313 e. The molecule has 1 aromatic carbocycles. The van der Waals surface area contributed by atoms with Crippen LogP contribution in [0.2, 0.25) is 0 Å². The van der Waals surface area contributed by atoms with E-state index in [9.17, 15) is 0 Å². The predicted octanol–water partition coefficient (Wildman–Crippen LogP) is 1.86. The van der Waals surface area contributed by atoms with Gasteiger partial charge in [0.1, 0.15) is 0 Å². The van der Waals surface area contributed by atoms with Crippen LogP contribution in [-0.4, -0.2) is 49.1 Å². The first-order chi connectivity index (χ1) is 9.93. The molecular weight excluding hydrogens is 266 g/mol. The SMILES string of the molecule is c1ccc2c(c1)CNCCC2NCCN1CCSCC1. The van der Waals surface area contributed by atoms with Gasteiger partial charge in [-0.1, -0.05) is 24.3 Å². The van der Waals surface area contributed by atoms with Crippen LogP contribution in [0.1, 0.15) is 23.6 Å². The van der Waals surface area contributed by atoms with Crippen molar-refractivity contribution >= 4 is 11.8 Å². The lowest BCUT2D eigenvalue weighted by Gasteiger charge is -2.27. The first-order valence-electron chi connectivity index (χ1n) is 7.75. The number of rotatable bonds is 4. The van der Waals surface area contributed by atoms with Gasteiger partial charge in [-0.3, -0.25) is 0 Å². The lowest BCUT2D eigenvalue weighted by atomic mass is 9.99. The van der Waals surface area contributed by atoms with Crippen LogP contribution in [0.25, 0.3) is 0 Å². The lowest BCUT2D eigenvalue weighted by molar-refractivity contribution is 0.294. The first kappa shape index (κ1) is 14.4. The van der Waals surface area contributed by atoms with Gasteiger partial charge in [0, 0.05) is 50.3 Å². The van der Waals surface area contributed by atoms with Gasteiger partial charge in [0.25, 0.3) is 0 Å². The number of hydrogen-bond donors (Lipinski definition) is 2. The maximum atomic E-state index is 3.78. The van der Waals surface area contributed by atoms with Gasteiger partial charge in [-0.2, -0.15) is 11.8 Å². The summed E-state index contributed by atoms with van der Waals surface area (Å²) in [6.45, 7) is 6.92. The number of nitrogens with one attached hydrogen (secondary N) is 2. The van der Waals surface area contributed by atoms with Crippen LogP contribution in [0.4, 0.5) is 0 Å². The molecule has 110 valence electrons. The molecule has 1 aromatic rings. The van der Waals surface area contributed by atoms with Crippen molar-refractivity contribution in [1.82, 2.24) is 15.5 Å². The summed E-state index contributed by atoms with van der Waals surface area (Å²) in [6.07, 6.45) is 1.19. The molecule has 0 bridgehead atoms. The van der Waals surface area contributed by atoms with Crippen molar-refractivity contribution in [3.05, 3.63) is 35.4 Å². The second kappa shape index (κ2) is 7.46. The fraction of sp³-hybridized carbons (Fsp3) is 0.625. The predicted molar refractivity (Wildman–Crippen MR) is 87.3 cm³/mol. The van der Waals surface area contributed by atoms with E-state index in [0.29, 0.717) is 6.04 Å². The quantitative estimate of drug-likeness (QED) is 0.885. The van der Waals surface area contributed by atoms with Crippen LogP contribution in [0.15, 0.2) is 24.3 Å². The van der Waals surface area contributed by atoms with Gasteiger partial charge in [0.05, 0.1) is 0 Å². The van der Waals surface area contributed by atoms with Crippen molar-refractivity contribution in [3.8, 4) is 0 Å². The van der Waals surface area contributed by atoms with Gasteiger partial charge >= 0.3 is 0 Å². The summed E-state index contributed by atoms with van der Waals surface area (Å²) in [5, 5.41) is 7.30. The van der Waals surface area contributed by atoms with Crippen LogP contribution >= 0.6 is 11.8 Å². The van der Waals surface area contributed by atoms with Crippen molar-refractivity contribution in [2.45, 2.75) is 19.0 Å². The molecule has 1 atom stereocenters. The van der Waals surface area contributed by atoms with E-state index in [0.717, 1.165) is 19.6 Å². The number of nitrogens with zero attached hydrogens (tertiary/aromatic N) is 1. The zero-order chi connectivity index (χ0) is 13.6. The Morgan fingerprint density at radius 2 is 2.10 bits per heavy atom. The summed E-state index contributed by atoms with van der Waals surface area (Å²) in [7, 11) is 0. The van der Waals surface area contributed by atoms with Crippen LogP contribution in [-0.2, 0) is 6.54 Å². The van der Waals surface area contributed by atoms with Gasteiger partial charge in [0.15, 0.2) is 0 Å². The standard InChI is InChI=1S/C16H25N3S/c1-2-4-15-14(3-1)13-17-6-5-16(15)18-7-8-19-9-11-20-12-10-19/h1-4,16-18H,5-13H2. The normalized spacial score (nSPS) is 24.1. The van der Waals surface area contributed by atoms with E-state index >= 15 is 0 Å². The minimum atomic E-state index is 0.514. The smallest absolute Gasteiger partial charge is 0.0336 e. The summed E-state index contributed by atoms with van der Waals surface area (Å²) < 4.78 is 0. The summed E-state index contributed by atoms with van der Waals surface area (Å²) >= 11 is 2.08. The van der Waals surface area contributed by atoms with Crippen molar-refractivity contribution in [2.24, 2.45) is 0 Å². The summed E-state index contributed by atoms with van der Waals surface area (Å²) in [4.78, 5) is 2.59. The van der Waals surface area contributed by atoms with E-state index in [1.807, 2.05) is 0 Å². The lowest BCUT2D eigenvalue weighted by Crippen LogP contribution is -2.38. The average Bonchev–Trinajstić information content (AvgIpc) is 2.71. The molecule has 0 saturated carbocycles. The van der Waals surface area contributed by atoms with E-state index < -0.39 is 0 Å². The largest absolute Gasteiger partial charge is 0.313 e. The Balaban J connectivity index is 1.54. The monoisotopic (exact) mass is 291 g/mol. The molecule has 1 fully saturated rings. The fourth-order valence-electron chi connectivity index (χ4n) is 3.09. The third kappa shape index (κ3) is 3.76. The zero-order valence-electron chi connectivity index (χ0n) is 12.1. The molecule has 1 saturated heterocycles. The number of benzene rings is 1. The average molecular weight is 291 g/mol. The summed E-state index contributed by atoms with van der Waals surface area (Å²) in [5.41, 5.74) is 2.95. The molecule has 3 nitrogen and oxygen atoms in total. The van der Waals surface area contributed by atoms with Crippen molar-refractivity contribution in [2.75, 3.05) is 44.2 Å². The van der Waals surface area contributed by atoms with E-state index in [1.165, 1.54) is 48.7 Å². The molecule has 2 aliphatic heterocycles. The second-order valence-corrected chi connectivity index (χ2v) is 6.85. The van der Waals surface area contributed by atoms with Gasteiger partial charge in [-0.15, -0.1) is 0 Å². The maximum Gasteiger partial charge on any atom is 0.0336 e. The highest BCUT2D eigenvalue weighted by atomic mass is 32.2. The Kier molecular flexibility index (Phi) is 5.36. The summed E-state index contributed by atoms with van der Waals surface area (Å²) in [6, 6.07) is 9.37. The Bertz CT molecular complexity index is 418. The zero-order valence-corrected chi connectivity index (χ0v) is 12.9. The Labute approximate surface area is 126 Å². The Morgan fingerprint density at radius 3 is 3.00 bits per heavy atom. The van der Waals surface area contributed by atoms with Crippen molar-refractivity contribution in [1.29, 1.82) is 0 Å². The van der Waals surface area contributed by atoms with Gasteiger partial charge in [-0.05, 0) is 24.1 Å². The van der Waals surface area contributed by atoms with Gasteiger partial charge in [0.2, 0.25) is 0 Å². The van der Waals surface area contributed by atoms with Gasteiger partial charge < -0.3 is 15.5 Å². The van der Waals surface area contributed by atoms with Crippen molar-refractivity contribution < 1.29 is 0 Å².